The van der Waals surface area contributed by atoms with Gasteiger partial charge < -0.3 is 10.5 Å². The highest BCUT2D eigenvalue weighted by molar-refractivity contribution is 14.1. The van der Waals surface area contributed by atoms with E-state index in [1.807, 2.05) is 18.2 Å². The van der Waals surface area contributed by atoms with Crippen molar-refractivity contribution < 1.29 is 4.74 Å². The quantitative estimate of drug-likeness (QED) is 0.822. The summed E-state index contributed by atoms with van der Waals surface area (Å²) < 4.78 is 7.48. The van der Waals surface area contributed by atoms with Gasteiger partial charge in [0.15, 0.2) is 0 Å². The van der Waals surface area contributed by atoms with E-state index in [2.05, 4.69) is 22.6 Å². The second kappa shape index (κ2) is 3.34. The molecule has 1 aromatic heterocycles. The molecule has 0 amide bonds. The Morgan fingerprint density at radius 1 is 1.46 bits per heavy atom. The Morgan fingerprint density at radius 3 is 2.92 bits per heavy atom. The predicted molar refractivity (Wildman–Crippen MR) is 65.5 cm³/mol. The molecule has 0 aliphatic heterocycles. The summed E-state index contributed by atoms with van der Waals surface area (Å²) in [7, 11) is 1.67. The maximum absolute atomic E-state index is 5.81. The molecule has 1 heterocycles. The van der Waals surface area contributed by atoms with Crippen LogP contribution < -0.4 is 10.5 Å². The van der Waals surface area contributed by atoms with E-state index in [0.717, 1.165) is 14.3 Å². The number of benzene rings is 1. The molecule has 68 valence electrons. The van der Waals surface area contributed by atoms with Crippen LogP contribution in [0.4, 0.5) is 5.00 Å². The highest BCUT2D eigenvalue weighted by Gasteiger charge is 2.07. The normalized spacial score (nSPS) is 10.6. The minimum absolute atomic E-state index is 0.878. The number of ether oxygens (including phenoxy) is 1. The number of hydrogen-bond donors (Lipinski definition) is 1. The minimum Gasteiger partial charge on any atom is -0.497 e. The van der Waals surface area contributed by atoms with Gasteiger partial charge in [0.2, 0.25) is 0 Å². The largest absolute Gasteiger partial charge is 0.497 e. The molecule has 0 spiro atoms. The third kappa shape index (κ3) is 1.48. The summed E-state index contributed by atoms with van der Waals surface area (Å²) in [5.74, 6) is 0.878. The summed E-state index contributed by atoms with van der Waals surface area (Å²) in [6, 6.07) is 6.01. The van der Waals surface area contributed by atoms with Gasteiger partial charge >= 0.3 is 0 Å². The van der Waals surface area contributed by atoms with Crippen LogP contribution >= 0.6 is 33.9 Å². The molecule has 0 saturated carbocycles. The fourth-order valence-electron chi connectivity index (χ4n) is 1.19. The molecular formula is C9H8INOS. The lowest BCUT2D eigenvalue weighted by Gasteiger charge is -1.98. The van der Waals surface area contributed by atoms with E-state index in [-0.39, 0.29) is 0 Å². The Bertz CT molecular complexity index is 452. The molecular weight excluding hydrogens is 297 g/mol. The molecule has 0 saturated heterocycles. The Hall–Kier alpha value is -0.490. The van der Waals surface area contributed by atoms with Crippen LogP contribution in [0.2, 0.25) is 0 Å². The molecule has 2 N–H and O–H groups in total. The average molecular weight is 305 g/mol. The molecule has 0 atom stereocenters. The van der Waals surface area contributed by atoms with Gasteiger partial charge in [0.25, 0.3) is 0 Å². The van der Waals surface area contributed by atoms with Gasteiger partial charge in [0, 0.05) is 10.1 Å². The zero-order valence-corrected chi connectivity index (χ0v) is 9.98. The van der Waals surface area contributed by atoms with E-state index >= 15 is 0 Å². The second-order valence-electron chi connectivity index (χ2n) is 2.64. The molecule has 4 heteroatoms. The van der Waals surface area contributed by atoms with E-state index < -0.39 is 0 Å². The van der Waals surface area contributed by atoms with Crippen LogP contribution in [0, 0.1) is 3.57 Å². The summed E-state index contributed by atoms with van der Waals surface area (Å²) in [5.41, 5.74) is 5.81. The molecule has 0 fully saturated rings. The first kappa shape index (κ1) is 9.08. The maximum Gasteiger partial charge on any atom is 0.119 e. The van der Waals surface area contributed by atoms with E-state index in [0.29, 0.717) is 0 Å². The third-order valence-corrected chi connectivity index (χ3v) is 4.39. The van der Waals surface area contributed by atoms with E-state index in [1.54, 1.807) is 18.4 Å². The molecule has 0 aliphatic carbocycles. The smallest absolute Gasteiger partial charge is 0.119 e. The highest BCUT2D eigenvalue weighted by atomic mass is 127. The van der Waals surface area contributed by atoms with Gasteiger partial charge in [-0.1, -0.05) is 0 Å². The number of fused-ring (bicyclic) bond motifs is 1. The fourth-order valence-corrected chi connectivity index (χ4v) is 3.00. The Kier molecular flexibility index (Phi) is 2.33. The van der Waals surface area contributed by atoms with Crippen LogP contribution in [0.5, 0.6) is 5.75 Å². The first-order chi connectivity index (χ1) is 6.22. The van der Waals surface area contributed by atoms with Gasteiger partial charge in [-0.15, -0.1) is 11.3 Å². The average Bonchev–Trinajstić information content (AvgIpc) is 2.43. The van der Waals surface area contributed by atoms with Crippen molar-refractivity contribution in [1.29, 1.82) is 0 Å². The summed E-state index contributed by atoms with van der Waals surface area (Å²) in [5, 5.41) is 2.06. The van der Waals surface area contributed by atoms with Gasteiger partial charge in [0.1, 0.15) is 10.8 Å². The van der Waals surface area contributed by atoms with E-state index in [4.69, 9.17) is 10.5 Å². The molecule has 2 rings (SSSR count). The standard InChI is InChI=1S/C9H8INOS/c1-12-5-2-3-7-6(4-5)8(10)9(11)13-7/h2-4H,11H2,1H3. The first-order valence-corrected chi connectivity index (χ1v) is 5.63. The van der Waals surface area contributed by atoms with Crippen molar-refractivity contribution in [2.45, 2.75) is 0 Å². The molecule has 2 aromatic rings. The minimum atomic E-state index is 0.878. The van der Waals surface area contributed by atoms with Crippen molar-refractivity contribution in [2.75, 3.05) is 12.8 Å². The van der Waals surface area contributed by atoms with Crippen LogP contribution in [0.25, 0.3) is 10.1 Å². The van der Waals surface area contributed by atoms with Crippen LogP contribution in [0.3, 0.4) is 0 Å². The second-order valence-corrected chi connectivity index (χ2v) is 4.80. The number of hydrogen-bond acceptors (Lipinski definition) is 3. The number of nitrogens with two attached hydrogens (primary N) is 1. The lowest BCUT2D eigenvalue weighted by Crippen LogP contribution is -1.82. The zero-order valence-electron chi connectivity index (χ0n) is 7.00. The van der Waals surface area contributed by atoms with Gasteiger partial charge in [-0.05, 0) is 40.8 Å². The number of halogens is 1. The molecule has 13 heavy (non-hydrogen) atoms. The molecule has 0 unspecified atom stereocenters. The summed E-state index contributed by atoms with van der Waals surface area (Å²) in [6.45, 7) is 0. The van der Waals surface area contributed by atoms with Crippen LogP contribution in [-0.4, -0.2) is 7.11 Å². The number of methoxy groups -OCH3 is 1. The third-order valence-electron chi connectivity index (χ3n) is 1.86. The zero-order chi connectivity index (χ0) is 9.42. The van der Waals surface area contributed by atoms with Crippen LogP contribution in [0.1, 0.15) is 0 Å². The maximum atomic E-state index is 5.81. The SMILES string of the molecule is COc1ccc2sc(N)c(I)c2c1. The Morgan fingerprint density at radius 2 is 2.23 bits per heavy atom. The van der Waals surface area contributed by atoms with Gasteiger partial charge in [-0.25, -0.2) is 0 Å². The van der Waals surface area contributed by atoms with Gasteiger partial charge in [-0.3, -0.25) is 0 Å². The summed E-state index contributed by atoms with van der Waals surface area (Å²) in [4.78, 5) is 0. The van der Waals surface area contributed by atoms with Crippen molar-refractivity contribution in [3.05, 3.63) is 21.8 Å². The monoisotopic (exact) mass is 305 g/mol. The van der Waals surface area contributed by atoms with Crippen LogP contribution in [-0.2, 0) is 0 Å². The van der Waals surface area contributed by atoms with Crippen molar-refractivity contribution in [2.24, 2.45) is 0 Å². The molecule has 1 aromatic carbocycles. The number of thiophene rings is 1. The molecule has 0 aliphatic rings. The Labute approximate surface area is 93.8 Å². The van der Waals surface area contributed by atoms with Crippen molar-refractivity contribution in [3.8, 4) is 5.75 Å². The van der Waals surface area contributed by atoms with Crippen molar-refractivity contribution in [1.82, 2.24) is 0 Å². The van der Waals surface area contributed by atoms with E-state index in [9.17, 15) is 0 Å². The molecule has 0 bridgehead atoms. The molecule has 2 nitrogen and oxygen atoms in total. The van der Waals surface area contributed by atoms with Gasteiger partial charge in [-0.2, -0.15) is 0 Å². The lowest BCUT2D eigenvalue weighted by atomic mass is 10.2. The lowest BCUT2D eigenvalue weighted by molar-refractivity contribution is 0.415. The van der Waals surface area contributed by atoms with Crippen molar-refractivity contribution in [3.63, 3.8) is 0 Å². The van der Waals surface area contributed by atoms with Gasteiger partial charge in [0.05, 0.1) is 10.7 Å². The number of nitrogen functional groups attached to an aromatic ring is 1. The fraction of sp³-hybridized carbons (Fsp3) is 0.111. The summed E-state index contributed by atoms with van der Waals surface area (Å²) in [6.07, 6.45) is 0. The molecule has 0 radical (unpaired) electrons. The van der Waals surface area contributed by atoms with Crippen molar-refractivity contribution >= 4 is 49.0 Å². The highest BCUT2D eigenvalue weighted by Crippen LogP contribution is 2.36. The number of anilines is 1. The Balaban J connectivity index is 2.75. The van der Waals surface area contributed by atoms with E-state index in [1.165, 1.54) is 10.1 Å². The summed E-state index contributed by atoms with van der Waals surface area (Å²) >= 11 is 3.87. The van der Waals surface area contributed by atoms with Crippen LogP contribution in [0.15, 0.2) is 18.2 Å². The topological polar surface area (TPSA) is 35.2 Å². The first-order valence-electron chi connectivity index (χ1n) is 3.74. The number of rotatable bonds is 1. The predicted octanol–water partition coefficient (Wildman–Crippen LogP) is 3.10.